The first-order chi connectivity index (χ1) is 9.20. The van der Waals surface area contributed by atoms with Crippen molar-refractivity contribution in [3.8, 4) is 11.4 Å². The Morgan fingerprint density at radius 1 is 1.26 bits per heavy atom. The van der Waals surface area contributed by atoms with Crippen LogP contribution in [-0.2, 0) is 0 Å². The molecule has 4 nitrogen and oxygen atoms in total. The molecule has 96 valence electrons. The summed E-state index contributed by atoms with van der Waals surface area (Å²) in [5.74, 6) is 0.517. The lowest BCUT2D eigenvalue weighted by Gasteiger charge is -2.11. The molecule has 0 spiro atoms. The van der Waals surface area contributed by atoms with Crippen LogP contribution in [0.15, 0.2) is 36.9 Å². The van der Waals surface area contributed by atoms with Crippen molar-refractivity contribution in [2.45, 2.75) is 0 Å². The molecule has 0 aliphatic carbocycles. The first-order valence-corrected chi connectivity index (χ1v) is 6.27. The lowest BCUT2D eigenvalue weighted by atomic mass is 10.1. The van der Waals surface area contributed by atoms with Crippen molar-refractivity contribution >= 4 is 34.1 Å². The van der Waals surface area contributed by atoms with Gasteiger partial charge in [-0.2, -0.15) is 0 Å². The van der Waals surface area contributed by atoms with Crippen molar-refractivity contribution < 1.29 is 4.74 Å². The lowest BCUT2D eigenvalue weighted by molar-refractivity contribution is 0.419. The van der Waals surface area contributed by atoms with E-state index < -0.39 is 0 Å². The zero-order valence-corrected chi connectivity index (χ0v) is 11.5. The summed E-state index contributed by atoms with van der Waals surface area (Å²) in [7, 11) is 1.56. The number of ether oxygens (including phenoxy) is 1. The summed E-state index contributed by atoms with van der Waals surface area (Å²) in [4.78, 5) is 8.34. The van der Waals surface area contributed by atoms with Gasteiger partial charge in [0.1, 0.15) is 10.7 Å². The van der Waals surface area contributed by atoms with Crippen LogP contribution < -0.4 is 4.74 Å². The number of nitrogens with zero attached hydrogens (tertiary/aromatic N) is 3. The van der Waals surface area contributed by atoms with E-state index in [2.05, 4.69) is 9.97 Å². The quantitative estimate of drug-likeness (QED) is 0.676. The Morgan fingerprint density at radius 3 is 2.79 bits per heavy atom. The molecule has 0 saturated heterocycles. The second kappa shape index (κ2) is 4.72. The number of hydrogen-bond acceptors (Lipinski definition) is 3. The normalized spacial score (nSPS) is 10.9. The van der Waals surface area contributed by atoms with E-state index in [1.807, 2.05) is 16.8 Å². The fraction of sp³-hybridized carbons (Fsp3) is 0.0769. The average Bonchev–Trinajstić information content (AvgIpc) is 2.91. The summed E-state index contributed by atoms with van der Waals surface area (Å²) in [5.41, 5.74) is 1.51. The van der Waals surface area contributed by atoms with Crippen LogP contribution in [0, 0.1) is 0 Å². The largest absolute Gasteiger partial charge is 0.493 e. The molecule has 0 aliphatic rings. The highest BCUT2D eigenvalue weighted by Crippen LogP contribution is 2.35. The Balaban J connectivity index is 2.41. The Labute approximate surface area is 119 Å². The second-order valence-corrected chi connectivity index (χ2v) is 4.71. The topological polar surface area (TPSA) is 39.9 Å². The zero-order chi connectivity index (χ0) is 13.4. The van der Waals surface area contributed by atoms with E-state index in [0.29, 0.717) is 21.4 Å². The molecule has 0 amide bonds. The first-order valence-electron chi connectivity index (χ1n) is 5.52. The number of pyridine rings is 1. The highest BCUT2D eigenvalue weighted by Gasteiger charge is 2.13. The van der Waals surface area contributed by atoms with Gasteiger partial charge >= 0.3 is 0 Å². The van der Waals surface area contributed by atoms with Crippen LogP contribution in [0.5, 0.6) is 5.75 Å². The molecule has 0 radical (unpaired) electrons. The minimum absolute atomic E-state index is 0.372. The maximum absolute atomic E-state index is 6.11. The Bertz CT molecular complexity index is 741. The third kappa shape index (κ3) is 2.03. The maximum atomic E-state index is 6.11. The van der Waals surface area contributed by atoms with E-state index in [0.717, 1.165) is 11.1 Å². The molecular formula is C13H9Cl2N3O. The summed E-state index contributed by atoms with van der Waals surface area (Å²) in [6.45, 7) is 0. The van der Waals surface area contributed by atoms with Crippen LogP contribution in [0.4, 0.5) is 0 Å². The minimum atomic E-state index is 0.372. The number of halogens is 2. The van der Waals surface area contributed by atoms with Gasteiger partial charge in [-0.3, -0.25) is 0 Å². The average molecular weight is 294 g/mol. The summed E-state index contributed by atoms with van der Waals surface area (Å²) < 4.78 is 7.17. The minimum Gasteiger partial charge on any atom is -0.493 e. The second-order valence-electron chi connectivity index (χ2n) is 3.91. The van der Waals surface area contributed by atoms with Crippen molar-refractivity contribution in [1.29, 1.82) is 0 Å². The van der Waals surface area contributed by atoms with E-state index in [1.165, 1.54) is 0 Å². The highest BCUT2D eigenvalue weighted by molar-refractivity contribution is 6.33. The molecule has 19 heavy (non-hydrogen) atoms. The van der Waals surface area contributed by atoms with Crippen molar-refractivity contribution in [1.82, 2.24) is 14.5 Å². The SMILES string of the molecule is COc1c(Cl)ccc2c(-n3ccnc3)cc(Cl)nc12. The maximum Gasteiger partial charge on any atom is 0.163 e. The molecule has 0 fully saturated rings. The Hall–Kier alpha value is -1.78. The van der Waals surface area contributed by atoms with Gasteiger partial charge < -0.3 is 9.30 Å². The van der Waals surface area contributed by atoms with Gasteiger partial charge in [0.2, 0.25) is 0 Å². The molecule has 1 aromatic carbocycles. The molecule has 2 heterocycles. The zero-order valence-electron chi connectivity index (χ0n) is 9.97. The molecule has 3 rings (SSSR count). The van der Waals surface area contributed by atoms with E-state index in [1.54, 1.807) is 31.8 Å². The molecule has 6 heteroatoms. The van der Waals surface area contributed by atoms with Crippen LogP contribution in [0.3, 0.4) is 0 Å². The molecule has 0 atom stereocenters. The fourth-order valence-electron chi connectivity index (χ4n) is 2.00. The van der Waals surface area contributed by atoms with Gasteiger partial charge in [0.05, 0.1) is 24.1 Å². The van der Waals surface area contributed by atoms with Gasteiger partial charge in [0.15, 0.2) is 5.75 Å². The number of aromatic nitrogens is 3. The third-order valence-corrected chi connectivity index (χ3v) is 3.31. The molecule has 0 aliphatic heterocycles. The van der Waals surface area contributed by atoms with Crippen LogP contribution in [0.1, 0.15) is 0 Å². The van der Waals surface area contributed by atoms with Crippen LogP contribution in [0.2, 0.25) is 10.2 Å². The summed E-state index contributed by atoms with van der Waals surface area (Å²) in [6.07, 6.45) is 5.24. The molecular weight excluding hydrogens is 285 g/mol. The van der Waals surface area contributed by atoms with Crippen LogP contribution in [-0.4, -0.2) is 21.6 Å². The predicted octanol–water partition coefficient (Wildman–Crippen LogP) is 3.74. The molecule has 0 saturated carbocycles. The van der Waals surface area contributed by atoms with E-state index in [9.17, 15) is 0 Å². The standard InChI is InChI=1S/C13H9Cl2N3O/c1-19-13-9(14)3-2-8-10(18-5-4-16-7-18)6-11(15)17-12(8)13/h2-7H,1H3. The van der Waals surface area contributed by atoms with E-state index in [-0.39, 0.29) is 0 Å². The van der Waals surface area contributed by atoms with Gasteiger partial charge in [0.25, 0.3) is 0 Å². The summed E-state index contributed by atoms with van der Waals surface area (Å²) in [5, 5.41) is 1.77. The van der Waals surface area contributed by atoms with Crippen molar-refractivity contribution in [3.63, 3.8) is 0 Å². The van der Waals surface area contributed by atoms with Gasteiger partial charge in [-0.25, -0.2) is 9.97 Å². The van der Waals surface area contributed by atoms with Crippen LogP contribution in [0.25, 0.3) is 16.6 Å². The number of benzene rings is 1. The highest BCUT2D eigenvalue weighted by atomic mass is 35.5. The number of rotatable bonds is 2. The van der Waals surface area contributed by atoms with Crippen molar-refractivity contribution in [2.75, 3.05) is 7.11 Å². The van der Waals surface area contributed by atoms with Gasteiger partial charge in [-0.15, -0.1) is 0 Å². The number of methoxy groups -OCH3 is 1. The van der Waals surface area contributed by atoms with Crippen LogP contribution >= 0.6 is 23.2 Å². The predicted molar refractivity (Wildman–Crippen MR) is 75.4 cm³/mol. The van der Waals surface area contributed by atoms with Crippen molar-refractivity contribution in [3.05, 3.63) is 47.1 Å². The molecule has 0 bridgehead atoms. The van der Waals surface area contributed by atoms with Gasteiger partial charge in [-0.1, -0.05) is 23.2 Å². The Morgan fingerprint density at radius 2 is 2.11 bits per heavy atom. The van der Waals surface area contributed by atoms with E-state index >= 15 is 0 Å². The number of hydrogen-bond donors (Lipinski definition) is 0. The summed E-state index contributed by atoms with van der Waals surface area (Å²) in [6, 6.07) is 5.44. The number of fused-ring (bicyclic) bond motifs is 1. The van der Waals surface area contributed by atoms with Gasteiger partial charge in [-0.05, 0) is 12.1 Å². The molecule has 0 N–H and O–H groups in total. The summed E-state index contributed by atoms with van der Waals surface area (Å²) >= 11 is 12.2. The lowest BCUT2D eigenvalue weighted by Crippen LogP contribution is -1.96. The number of imidazole rings is 1. The van der Waals surface area contributed by atoms with Crippen molar-refractivity contribution in [2.24, 2.45) is 0 Å². The molecule has 0 unspecified atom stereocenters. The fourth-order valence-corrected chi connectivity index (χ4v) is 2.42. The van der Waals surface area contributed by atoms with Gasteiger partial charge in [0, 0.05) is 23.8 Å². The smallest absolute Gasteiger partial charge is 0.163 e. The Kier molecular flexibility index (Phi) is 3.05. The third-order valence-electron chi connectivity index (χ3n) is 2.82. The first kappa shape index (κ1) is 12.3. The molecule has 2 aromatic heterocycles. The monoisotopic (exact) mass is 293 g/mol. The van der Waals surface area contributed by atoms with E-state index in [4.69, 9.17) is 27.9 Å². The molecule has 3 aromatic rings.